The molecule has 1 N–H and O–H groups in total. The first-order chi connectivity index (χ1) is 11.7. The van der Waals surface area contributed by atoms with E-state index in [0.29, 0.717) is 16.3 Å². The molecule has 0 saturated carbocycles. The molecule has 2 rings (SSSR count). The molecule has 0 aliphatic rings. The van der Waals surface area contributed by atoms with Gasteiger partial charge >= 0.3 is 0 Å². The van der Waals surface area contributed by atoms with E-state index in [4.69, 9.17) is 11.6 Å². The lowest BCUT2D eigenvalue weighted by molar-refractivity contribution is -0.120. The predicted octanol–water partition coefficient (Wildman–Crippen LogP) is 3.29. The molecule has 2 aromatic carbocycles. The van der Waals surface area contributed by atoms with Gasteiger partial charge in [-0.2, -0.15) is 0 Å². The van der Waals surface area contributed by atoms with Crippen molar-refractivity contribution in [1.82, 2.24) is 5.32 Å². The summed E-state index contributed by atoms with van der Waals surface area (Å²) in [7, 11) is -3.62. The Hall–Kier alpha value is -2.05. The van der Waals surface area contributed by atoms with Crippen LogP contribution in [-0.4, -0.2) is 27.1 Å². The molecule has 1 atom stereocenters. The zero-order valence-electron chi connectivity index (χ0n) is 14.4. The standard InChI is InChI=1S/C18H21ClN2O3S/c1-13-11-16(19)9-10-17(13)21(25(3,23)24)12-18(22)20-14(2)15-7-5-4-6-8-15/h4-11,14H,12H2,1-3H3,(H,20,22). The van der Waals surface area contributed by atoms with Gasteiger partial charge in [-0.25, -0.2) is 8.42 Å². The molecule has 0 fully saturated rings. The molecule has 0 spiro atoms. The van der Waals surface area contributed by atoms with Gasteiger partial charge in [-0.1, -0.05) is 41.9 Å². The fraction of sp³-hybridized carbons (Fsp3) is 0.278. The molecular formula is C18H21ClN2O3S. The summed E-state index contributed by atoms with van der Waals surface area (Å²) in [5.41, 5.74) is 2.07. The van der Waals surface area contributed by atoms with E-state index < -0.39 is 10.0 Å². The molecule has 1 unspecified atom stereocenters. The number of amides is 1. The average molecular weight is 381 g/mol. The summed E-state index contributed by atoms with van der Waals surface area (Å²) >= 11 is 5.93. The fourth-order valence-electron chi connectivity index (χ4n) is 2.52. The van der Waals surface area contributed by atoms with Gasteiger partial charge in [0, 0.05) is 5.02 Å². The third-order valence-corrected chi connectivity index (χ3v) is 5.15. The Morgan fingerprint density at radius 3 is 2.40 bits per heavy atom. The normalized spacial score (nSPS) is 12.5. The number of rotatable bonds is 6. The third kappa shape index (κ3) is 5.21. The number of benzene rings is 2. The van der Waals surface area contributed by atoms with Crippen molar-refractivity contribution in [2.75, 3.05) is 17.1 Å². The van der Waals surface area contributed by atoms with Crippen LogP contribution in [-0.2, 0) is 14.8 Å². The van der Waals surface area contributed by atoms with Crippen LogP contribution in [0.2, 0.25) is 5.02 Å². The van der Waals surface area contributed by atoms with E-state index >= 15 is 0 Å². The highest BCUT2D eigenvalue weighted by atomic mass is 35.5. The minimum Gasteiger partial charge on any atom is -0.348 e. The number of anilines is 1. The smallest absolute Gasteiger partial charge is 0.241 e. The molecule has 0 saturated heterocycles. The van der Waals surface area contributed by atoms with Crippen molar-refractivity contribution in [2.45, 2.75) is 19.9 Å². The Kier molecular flexibility index (Phi) is 6.08. The molecule has 0 aliphatic carbocycles. The van der Waals surface area contributed by atoms with Crippen molar-refractivity contribution in [3.63, 3.8) is 0 Å². The largest absolute Gasteiger partial charge is 0.348 e. The maximum atomic E-state index is 12.4. The van der Waals surface area contributed by atoms with Crippen LogP contribution in [0.3, 0.4) is 0 Å². The lowest BCUT2D eigenvalue weighted by Crippen LogP contribution is -2.41. The third-order valence-electron chi connectivity index (χ3n) is 3.79. The van der Waals surface area contributed by atoms with Gasteiger partial charge in [-0.3, -0.25) is 9.10 Å². The van der Waals surface area contributed by atoms with E-state index in [2.05, 4.69) is 5.32 Å². The van der Waals surface area contributed by atoms with Crippen molar-refractivity contribution >= 4 is 33.2 Å². The molecule has 25 heavy (non-hydrogen) atoms. The van der Waals surface area contributed by atoms with Gasteiger partial charge in [0.1, 0.15) is 6.54 Å². The first-order valence-electron chi connectivity index (χ1n) is 7.76. The maximum Gasteiger partial charge on any atom is 0.241 e. The highest BCUT2D eigenvalue weighted by Crippen LogP contribution is 2.25. The molecule has 7 heteroatoms. The monoisotopic (exact) mass is 380 g/mol. The van der Waals surface area contributed by atoms with E-state index in [1.165, 1.54) is 0 Å². The van der Waals surface area contributed by atoms with Gasteiger partial charge < -0.3 is 5.32 Å². The number of aryl methyl sites for hydroxylation is 1. The minimum absolute atomic E-state index is 0.221. The molecular weight excluding hydrogens is 360 g/mol. The number of sulfonamides is 1. The predicted molar refractivity (Wildman–Crippen MR) is 101 cm³/mol. The number of nitrogens with zero attached hydrogens (tertiary/aromatic N) is 1. The average Bonchev–Trinajstić information content (AvgIpc) is 2.53. The van der Waals surface area contributed by atoms with Crippen LogP contribution in [0.5, 0.6) is 0 Å². The maximum absolute atomic E-state index is 12.4. The molecule has 0 aromatic heterocycles. The first-order valence-corrected chi connectivity index (χ1v) is 9.99. The fourth-order valence-corrected chi connectivity index (χ4v) is 3.66. The van der Waals surface area contributed by atoms with E-state index in [1.54, 1.807) is 25.1 Å². The molecule has 0 heterocycles. The summed E-state index contributed by atoms with van der Waals surface area (Å²) in [6.45, 7) is 3.31. The molecule has 134 valence electrons. The summed E-state index contributed by atoms with van der Waals surface area (Å²) in [6.07, 6.45) is 1.08. The lowest BCUT2D eigenvalue weighted by atomic mass is 10.1. The Labute approximate surface area is 153 Å². The topological polar surface area (TPSA) is 66.5 Å². The number of hydrogen-bond acceptors (Lipinski definition) is 3. The Morgan fingerprint density at radius 1 is 1.20 bits per heavy atom. The van der Waals surface area contributed by atoms with Crippen molar-refractivity contribution in [1.29, 1.82) is 0 Å². The van der Waals surface area contributed by atoms with Crippen molar-refractivity contribution < 1.29 is 13.2 Å². The van der Waals surface area contributed by atoms with Gasteiger partial charge in [0.05, 0.1) is 18.0 Å². The van der Waals surface area contributed by atoms with Crippen molar-refractivity contribution in [3.05, 3.63) is 64.7 Å². The molecule has 0 radical (unpaired) electrons. The van der Waals surface area contributed by atoms with Crippen LogP contribution >= 0.6 is 11.6 Å². The summed E-state index contributed by atoms with van der Waals surface area (Å²) in [6, 6.07) is 14.1. The SMILES string of the molecule is Cc1cc(Cl)ccc1N(CC(=O)NC(C)c1ccccc1)S(C)(=O)=O. The van der Waals surface area contributed by atoms with Crippen LogP contribution in [0.15, 0.2) is 48.5 Å². The Bertz CT molecular complexity index is 854. The lowest BCUT2D eigenvalue weighted by Gasteiger charge is -2.24. The first kappa shape index (κ1) is 19.3. The zero-order chi connectivity index (χ0) is 18.6. The summed E-state index contributed by atoms with van der Waals surface area (Å²) in [5, 5.41) is 3.34. The van der Waals surface area contributed by atoms with Gasteiger partial charge in [0.15, 0.2) is 0 Å². The van der Waals surface area contributed by atoms with Crippen molar-refractivity contribution in [3.8, 4) is 0 Å². The highest BCUT2D eigenvalue weighted by Gasteiger charge is 2.23. The van der Waals surface area contributed by atoms with E-state index in [-0.39, 0.29) is 18.5 Å². The molecule has 2 aromatic rings. The second-order valence-electron chi connectivity index (χ2n) is 5.90. The Balaban J connectivity index is 2.19. The second-order valence-corrected chi connectivity index (χ2v) is 8.24. The number of hydrogen-bond donors (Lipinski definition) is 1. The number of carbonyl (C=O) groups excluding carboxylic acids is 1. The van der Waals surface area contributed by atoms with E-state index in [1.807, 2.05) is 37.3 Å². The van der Waals surface area contributed by atoms with Crippen LogP contribution in [0.4, 0.5) is 5.69 Å². The minimum atomic E-state index is -3.62. The van der Waals surface area contributed by atoms with Gasteiger partial charge in [0.25, 0.3) is 0 Å². The van der Waals surface area contributed by atoms with Crippen LogP contribution in [0.25, 0.3) is 0 Å². The van der Waals surface area contributed by atoms with E-state index in [0.717, 1.165) is 16.1 Å². The summed E-state index contributed by atoms with van der Waals surface area (Å²) in [4.78, 5) is 12.4. The highest BCUT2D eigenvalue weighted by molar-refractivity contribution is 7.92. The van der Waals surface area contributed by atoms with Crippen LogP contribution in [0.1, 0.15) is 24.1 Å². The Morgan fingerprint density at radius 2 is 1.84 bits per heavy atom. The molecule has 1 amide bonds. The van der Waals surface area contributed by atoms with Crippen LogP contribution < -0.4 is 9.62 Å². The summed E-state index contributed by atoms with van der Waals surface area (Å²) in [5.74, 6) is -0.379. The van der Waals surface area contributed by atoms with Crippen molar-refractivity contribution in [2.24, 2.45) is 0 Å². The molecule has 0 aliphatic heterocycles. The van der Waals surface area contributed by atoms with Crippen LogP contribution in [0, 0.1) is 6.92 Å². The number of nitrogens with one attached hydrogen (secondary N) is 1. The van der Waals surface area contributed by atoms with Gasteiger partial charge in [0.2, 0.25) is 15.9 Å². The summed E-state index contributed by atoms with van der Waals surface area (Å²) < 4.78 is 25.4. The second kappa shape index (κ2) is 7.89. The number of halogens is 1. The van der Waals surface area contributed by atoms with Gasteiger partial charge in [-0.05, 0) is 43.2 Å². The van der Waals surface area contributed by atoms with Gasteiger partial charge in [-0.15, -0.1) is 0 Å². The molecule has 0 bridgehead atoms. The van der Waals surface area contributed by atoms with E-state index in [9.17, 15) is 13.2 Å². The molecule has 5 nitrogen and oxygen atoms in total. The number of carbonyl (C=O) groups is 1. The quantitative estimate of drug-likeness (QED) is 0.836. The zero-order valence-corrected chi connectivity index (χ0v) is 15.9.